The molecule has 1 aromatic rings. The highest BCUT2D eigenvalue weighted by Gasteiger charge is 2.24. The molecular formula is C7H8Cl3NSi. The topological polar surface area (TPSA) is 12.9 Å². The maximum atomic E-state index is 5.73. The molecule has 0 saturated carbocycles. The molecule has 1 heterocycles. The van der Waals surface area contributed by atoms with E-state index in [-0.39, 0.29) is 0 Å². The second-order valence-electron chi connectivity index (χ2n) is 2.44. The van der Waals surface area contributed by atoms with Crippen molar-refractivity contribution in [3.05, 3.63) is 30.1 Å². The zero-order valence-electron chi connectivity index (χ0n) is 6.30. The summed E-state index contributed by atoms with van der Waals surface area (Å²) in [6, 6.07) is 3.91. The Kier molecular flexibility index (Phi) is 3.84. The Bertz CT molecular complexity index is 234. The lowest BCUT2D eigenvalue weighted by Gasteiger charge is -2.05. The Morgan fingerprint density at radius 1 is 1.25 bits per heavy atom. The van der Waals surface area contributed by atoms with Crippen molar-refractivity contribution in [3.8, 4) is 0 Å². The zero-order chi connectivity index (χ0) is 9.03. The van der Waals surface area contributed by atoms with E-state index in [0.29, 0.717) is 6.04 Å². The SMILES string of the molecule is Cl[Si](Cl)(Cl)CCc1ccccn1. The van der Waals surface area contributed by atoms with E-state index in [1.54, 1.807) is 6.20 Å². The van der Waals surface area contributed by atoms with Crippen LogP contribution in [0.4, 0.5) is 0 Å². The van der Waals surface area contributed by atoms with Gasteiger partial charge in [0.05, 0.1) is 0 Å². The van der Waals surface area contributed by atoms with E-state index < -0.39 is 6.00 Å². The molecule has 0 saturated heterocycles. The summed E-state index contributed by atoms with van der Waals surface area (Å²) >= 11 is 17.2. The largest absolute Gasteiger partial charge is 0.341 e. The van der Waals surface area contributed by atoms with Crippen LogP contribution in [-0.2, 0) is 6.42 Å². The summed E-state index contributed by atoms with van der Waals surface area (Å²) in [4.78, 5) is 4.13. The van der Waals surface area contributed by atoms with Crippen molar-refractivity contribution in [1.82, 2.24) is 4.98 Å². The van der Waals surface area contributed by atoms with Gasteiger partial charge in [-0.25, -0.2) is 0 Å². The first-order valence-electron chi connectivity index (χ1n) is 3.54. The molecular weight excluding hydrogens is 233 g/mol. The first-order valence-corrected chi connectivity index (χ1v) is 8.79. The highest BCUT2D eigenvalue weighted by molar-refractivity contribution is 7.64. The molecule has 0 fully saturated rings. The first kappa shape index (κ1) is 10.3. The normalized spacial score (nSPS) is 11.6. The van der Waals surface area contributed by atoms with Crippen LogP contribution in [0.2, 0.25) is 6.04 Å². The second-order valence-corrected chi connectivity index (χ2v) is 11.7. The summed E-state index contributed by atoms with van der Waals surface area (Å²) in [6.07, 6.45) is 2.50. The molecule has 0 spiro atoms. The summed E-state index contributed by atoms with van der Waals surface area (Å²) in [5.74, 6) is 0. The molecule has 0 aliphatic heterocycles. The Hall–Kier alpha value is 0.237. The van der Waals surface area contributed by atoms with E-state index >= 15 is 0 Å². The molecule has 0 atom stereocenters. The molecule has 66 valence electrons. The minimum atomic E-state index is -2.46. The van der Waals surface area contributed by atoms with Gasteiger partial charge in [0.2, 0.25) is 0 Å². The third kappa shape index (κ3) is 4.31. The standard InChI is InChI=1S/C7H8Cl3NSi/c8-12(9,10)6-4-7-3-1-2-5-11-7/h1-3,5H,4,6H2. The van der Waals surface area contributed by atoms with E-state index in [1.165, 1.54) is 0 Å². The van der Waals surface area contributed by atoms with Crippen LogP contribution < -0.4 is 0 Å². The third-order valence-electron chi connectivity index (χ3n) is 1.39. The van der Waals surface area contributed by atoms with Gasteiger partial charge in [-0.1, -0.05) is 6.07 Å². The number of aryl methyl sites for hydroxylation is 1. The lowest BCUT2D eigenvalue weighted by Crippen LogP contribution is -2.10. The molecule has 5 heteroatoms. The zero-order valence-corrected chi connectivity index (χ0v) is 9.57. The Balaban J connectivity index is 2.44. The van der Waals surface area contributed by atoms with Crippen molar-refractivity contribution in [2.45, 2.75) is 12.5 Å². The summed E-state index contributed by atoms with van der Waals surface area (Å²) in [7, 11) is 0. The van der Waals surface area contributed by atoms with E-state index in [1.807, 2.05) is 18.2 Å². The van der Waals surface area contributed by atoms with Gasteiger partial charge >= 0.3 is 6.00 Å². The van der Waals surface area contributed by atoms with Crippen molar-refractivity contribution < 1.29 is 0 Å². The molecule has 0 aliphatic carbocycles. The lowest BCUT2D eigenvalue weighted by atomic mass is 10.3. The number of hydrogen-bond donors (Lipinski definition) is 0. The first-order chi connectivity index (χ1) is 5.58. The van der Waals surface area contributed by atoms with Crippen LogP contribution >= 0.6 is 33.2 Å². The molecule has 0 aliphatic rings. The maximum Gasteiger partial charge on any atom is 0.341 e. The number of hydrogen-bond acceptors (Lipinski definition) is 1. The molecule has 1 nitrogen and oxygen atoms in total. The van der Waals surface area contributed by atoms with Crippen molar-refractivity contribution in [1.29, 1.82) is 0 Å². The van der Waals surface area contributed by atoms with Gasteiger partial charge in [0.15, 0.2) is 0 Å². The molecule has 0 aromatic carbocycles. The summed E-state index contributed by atoms with van der Waals surface area (Å²) in [5.41, 5.74) is 0.983. The van der Waals surface area contributed by atoms with Crippen LogP contribution in [0.1, 0.15) is 5.69 Å². The van der Waals surface area contributed by atoms with E-state index in [4.69, 9.17) is 33.2 Å². The van der Waals surface area contributed by atoms with Crippen LogP contribution in [0, 0.1) is 0 Å². The quantitative estimate of drug-likeness (QED) is 0.584. The minimum Gasteiger partial charge on any atom is -0.261 e. The number of pyridine rings is 1. The van der Waals surface area contributed by atoms with Crippen molar-refractivity contribution in [2.75, 3.05) is 0 Å². The van der Waals surface area contributed by atoms with E-state index in [2.05, 4.69) is 4.98 Å². The van der Waals surface area contributed by atoms with Crippen LogP contribution in [0.25, 0.3) is 0 Å². The van der Waals surface area contributed by atoms with E-state index in [9.17, 15) is 0 Å². The van der Waals surface area contributed by atoms with Gasteiger partial charge < -0.3 is 0 Å². The van der Waals surface area contributed by atoms with Gasteiger partial charge in [-0.05, 0) is 24.6 Å². The number of aromatic nitrogens is 1. The predicted molar refractivity (Wildman–Crippen MR) is 56.1 cm³/mol. The van der Waals surface area contributed by atoms with Gasteiger partial charge in [-0.3, -0.25) is 4.98 Å². The van der Waals surface area contributed by atoms with Gasteiger partial charge in [0.1, 0.15) is 0 Å². The molecule has 1 aromatic heterocycles. The molecule has 0 radical (unpaired) electrons. The average Bonchev–Trinajstić information content (AvgIpc) is 2.02. The molecule has 0 N–H and O–H groups in total. The number of halogens is 3. The van der Waals surface area contributed by atoms with Gasteiger partial charge in [0, 0.05) is 11.9 Å². The van der Waals surface area contributed by atoms with Gasteiger partial charge in [-0.15, -0.1) is 33.2 Å². The fourth-order valence-electron chi connectivity index (χ4n) is 0.816. The predicted octanol–water partition coefficient (Wildman–Crippen LogP) is 3.28. The van der Waals surface area contributed by atoms with Crippen LogP contribution in [0.15, 0.2) is 24.4 Å². The van der Waals surface area contributed by atoms with Crippen LogP contribution in [-0.4, -0.2) is 11.0 Å². The van der Waals surface area contributed by atoms with Crippen LogP contribution in [0.5, 0.6) is 0 Å². The fraction of sp³-hybridized carbons (Fsp3) is 0.286. The van der Waals surface area contributed by atoms with Gasteiger partial charge in [-0.2, -0.15) is 0 Å². The molecule has 0 unspecified atom stereocenters. The molecule has 0 amide bonds. The highest BCUT2D eigenvalue weighted by atomic mass is 35.8. The summed E-state index contributed by atoms with van der Waals surface area (Å²) in [5, 5.41) is 0. The maximum absolute atomic E-state index is 5.73. The number of rotatable bonds is 3. The van der Waals surface area contributed by atoms with Crippen molar-refractivity contribution in [3.63, 3.8) is 0 Å². The van der Waals surface area contributed by atoms with Crippen molar-refractivity contribution in [2.24, 2.45) is 0 Å². The van der Waals surface area contributed by atoms with E-state index in [0.717, 1.165) is 12.1 Å². The van der Waals surface area contributed by atoms with Crippen molar-refractivity contribution >= 4 is 39.2 Å². The number of nitrogens with zero attached hydrogens (tertiary/aromatic N) is 1. The second kappa shape index (κ2) is 4.47. The third-order valence-corrected chi connectivity index (χ3v) is 3.91. The smallest absolute Gasteiger partial charge is 0.261 e. The average molecular weight is 241 g/mol. The minimum absolute atomic E-state index is 0.634. The Labute approximate surface area is 86.8 Å². The monoisotopic (exact) mass is 239 g/mol. The molecule has 12 heavy (non-hydrogen) atoms. The fourth-order valence-corrected chi connectivity index (χ4v) is 2.21. The Morgan fingerprint density at radius 2 is 2.00 bits per heavy atom. The molecule has 0 bridgehead atoms. The summed E-state index contributed by atoms with van der Waals surface area (Å²) < 4.78 is 0. The summed E-state index contributed by atoms with van der Waals surface area (Å²) in [6.45, 7) is 0. The highest BCUT2D eigenvalue weighted by Crippen LogP contribution is 2.26. The lowest BCUT2D eigenvalue weighted by molar-refractivity contribution is 1.03. The molecule has 1 rings (SSSR count). The van der Waals surface area contributed by atoms with Gasteiger partial charge in [0.25, 0.3) is 0 Å². The van der Waals surface area contributed by atoms with Crippen LogP contribution in [0.3, 0.4) is 0 Å². The Morgan fingerprint density at radius 3 is 2.50 bits per heavy atom.